The fraction of sp³-hybridized carbons (Fsp3) is 0. The van der Waals surface area contributed by atoms with Gasteiger partial charge in [0.1, 0.15) is 0 Å². The summed E-state index contributed by atoms with van der Waals surface area (Å²) in [4.78, 5) is 0. The summed E-state index contributed by atoms with van der Waals surface area (Å²) in [6.45, 7) is 7.44. The minimum absolute atomic E-state index is 0. The minimum atomic E-state index is 0. The van der Waals surface area contributed by atoms with E-state index < -0.39 is 0 Å². The second kappa shape index (κ2) is 8.25. The molecule has 0 amide bonds. The van der Waals surface area contributed by atoms with Gasteiger partial charge in [0.2, 0.25) is 0 Å². The molecule has 0 saturated heterocycles. The van der Waals surface area contributed by atoms with Crippen LogP contribution in [0.4, 0.5) is 0 Å². The van der Waals surface area contributed by atoms with Crippen molar-refractivity contribution in [1.82, 2.24) is 0 Å². The van der Waals surface area contributed by atoms with Gasteiger partial charge in [-0.1, -0.05) is 12.1 Å². The molecule has 0 aromatic heterocycles. The van der Waals surface area contributed by atoms with E-state index in [-0.39, 0.29) is 22.4 Å². The zero-order chi connectivity index (χ0) is 10.2. The van der Waals surface area contributed by atoms with Crippen molar-refractivity contribution in [3.63, 3.8) is 0 Å². The van der Waals surface area contributed by atoms with Gasteiger partial charge in [-0.2, -0.15) is 49.2 Å². The van der Waals surface area contributed by atoms with Crippen LogP contribution in [0.1, 0.15) is 11.1 Å². The van der Waals surface area contributed by atoms with Crippen molar-refractivity contribution in [2.75, 3.05) is 0 Å². The van der Waals surface area contributed by atoms with Gasteiger partial charge < -0.3 is 0 Å². The van der Waals surface area contributed by atoms with Crippen LogP contribution in [0.5, 0.6) is 0 Å². The Bertz CT molecular complexity index is 303. The smallest absolute Gasteiger partial charge is 0.199 e. The Morgan fingerprint density at radius 3 is 0.933 bits per heavy atom. The van der Waals surface area contributed by atoms with E-state index in [1.165, 1.54) is 0 Å². The molecule has 0 spiro atoms. The maximum atomic E-state index is 3.72. The van der Waals surface area contributed by atoms with Crippen molar-refractivity contribution in [2.45, 2.75) is 0 Å². The predicted octanol–water partition coefficient (Wildman–Crippen LogP) is 3.74. The van der Waals surface area contributed by atoms with Crippen molar-refractivity contribution in [3.8, 4) is 0 Å². The van der Waals surface area contributed by atoms with Crippen LogP contribution in [0.25, 0.3) is 0 Å². The van der Waals surface area contributed by atoms with Gasteiger partial charge in [0.15, 0.2) is 0 Å². The summed E-state index contributed by atoms with van der Waals surface area (Å²) in [5.41, 5.74) is 2.14. The van der Waals surface area contributed by atoms with Crippen LogP contribution < -0.4 is 0 Å². The second-order valence-corrected chi connectivity index (χ2v) is 2.97. The quantitative estimate of drug-likeness (QED) is 0.626. The summed E-state index contributed by atoms with van der Waals surface area (Å²) < 4.78 is 0. The molecule has 0 aliphatic carbocycles. The van der Waals surface area contributed by atoms with Crippen molar-refractivity contribution in [1.29, 1.82) is 0 Å². The molecular weight excluding hydrogens is 349 g/mol. The van der Waals surface area contributed by atoms with Crippen molar-refractivity contribution >= 4 is 0 Å². The van der Waals surface area contributed by atoms with Gasteiger partial charge in [-0.25, -0.2) is 0 Å². The molecule has 0 fully saturated rings. The van der Waals surface area contributed by atoms with Crippen molar-refractivity contribution < 1.29 is 22.4 Å². The predicted molar refractivity (Wildman–Crippen MR) is 61.8 cm³/mol. The molecule has 0 aliphatic heterocycles. The first-order valence-corrected chi connectivity index (χ1v) is 4.53. The third kappa shape index (κ3) is 6.92. The third-order valence-corrected chi connectivity index (χ3v) is 1.69. The second-order valence-electron chi connectivity index (χ2n) is 2.97. The van der Waals surface area contributed by atoms with E-state index in [0.717, 1.165) is 11.1 Å². The summed E-state index contributed by atoms with van der Waals surface area (Å²) in [5, 5.41) is 0. The van der Waals surface area contributed by atoms with Gasteiger partial charge in [-0.3, -0.25) is 0 Å². The summed E-state index contributed by atoms with van der Waals surface area (Å²) >= 11 is 0. The first-order chi connectivity index (χ1) is 6.79. The molecule has 0 atom stereocenters. The van der Waals surface area contributed by atoms with E-state index in [1.807, 2.05) is 60.7 Å². The molecule has 0 bridgehead atoms. The molecule has 0 N–H and O–H groups in total. The Morgan fingerprint density at radius 2 is 0.800 bits per heavy atom. The molecule has 0 nitrogen and oxygen atoms in total. The fourth-order valence-electron chi connectivity index (χ4n) is 0.956. The van der Waals surface area contributed by atoms with Crippen LogP contribution in [0.3, 0.4) is 0 Å². The van der Waals surface area contributed by atoms with Gasteiger partial charge in [0.05, 0.1) is 0 Å². The van der Waals surface area contributed by atoms with E-state index in [0.29, 0.717) is 0 Å². The summed E-state index contributed by atoms with van der Waals surface area (Å²) in [7, 11) is 0. The molecule has 0 saturated carbocycles. The average Bonchev–Trinajstić information content (AvgIpc) is 2.21. The number of hydrogen-bond acceptors (Lipinski definition) is 0. The third-order valence-electron chi connectivity index (χ3n) is 1.69. The Hall–Kier alpha value is -1.08. The van der Waals surface area contributed by atoms with Crippen molar-refractivity contribution in [3.05, 3.63) is 85.6 Å². The van der Waals surface area contributed by atoms with Gasteiger partial charge in [0.25, 0.3) is 0 Å². The first-order valence-electron chi connectivity index (χ1n) is 4.53. The van der Waals surface area contributed by atoms with Crippen molar-refractivity contribution in [2.24, 2.45) is 0 Å². The van der Waals surface area contributed by atoms with E-state index >= 15 is 0 Å². The van der Waals surface area contributed by atoms with Gasteiger partial charge >= 0.3 is 22.4 Å². The maximum absolute atomic E-state index is 3.72. The maximum Gasteiger partial charge on any atom is 2.00 e. The fourth-order valence-corrected chi connectivity index (χ4v) is 0.956. The summed E-state index contributed by atoms with van der Waals surface area (Å²) in [6.07, 6.45) is 0. The molecule has 0 aliphatic rings. The van der Waals surface area contributed by atoms with Crippen LogP contribution in [0.2, 0.25) is 0 Å². The van der Waals surface area contributed by atoms with Gasteiger partial charge in [-0.05, 0) is 0 Å². The molecule has 75 valence electrons. The molecule has 0 heterocycles. The van der Waals surface area contributed by atoms with Crippen LogP contribution in [-0.4, -0.2) is 0 Å². The van der Waals surface area contributed by atoms with Crippen LogP contribution >= 0.6 is 0 Å². The zero-order valence-electron chi connectivity index (χ0n) is 8.63. The zero-order valence-corrected chi connectivity index (χ0v) is 11.8. The van der Waals surface area contributed by atoms with E-state index in [2.05, 4.69) is 13.8 Å². The summed E-state index contributed by atoms with van der Waals surface area (Å²) in [5.74, 6) is 0. The van der Waals surface area contributed by atoms with Gasteiger partial charge in [-0.15, -0.1) is 24.3 Å². The Labute approximate surface area is 108 Å². The Morgan fingerprint density at radius 1 is 0.533 bits per heavy atom. The minimum Gasteiger partial charge on any atom is -0.199 e. The average molecular weight is 363 g/mol. The number of rotatable bonds is 0. The van der Waals surface area contributed by atoms with E-state index in [4.69, 9.17) is 0 Å². The monoisotopic (exact) mass is 363 g/mol. The van der Waals surface area contributed by atoms with Crippen LogP contribution in [0, 0.1) is 13.8 Å². The summed E-state index contributed by atoms with van der Waals surface area (Å²) in [6, 6.07) is 19.7. The topological polar surface area (TPSA) is 0 Å². The molecule has 2 aromatic carbocycles. The molecular formula is C14H14Ta. The Balaban J connectivity index is 0.000000245. The molecule has 2 aromatic rings. The molecule has 0 unspecified atom stereocenters. The number of hydrogen-bond donors (Lipinski definition) is 0. The van der Waals surface area contributed by atoms with Gasteiger partial charge in [0, 0.05) is 0 Å². The Kier molecular flexibility index (Phi) is 7.65. The van der Waals surface area contributed by atoms with Crippen LogP contribution in [-0.2, 0) is 22.4 Å². The normalized spacial score (nSPS) is 8.00. The first kappa shape index (κ1) is 13.9. The molecule has 15 heavy (non-hydrogen) atoms. The standard InChI is InChI=1S/2C7H7.Ta/c2*1-7-5-3-2-4-6-7;/h2*2-6H,1H2;/q2*-1;+2. The number of benzene rings is 2. The van der Waals surface area contributed by atoms with E-state index in [9.17, 15) is 0 Å². The largest absolute Gasteiger partial charge is 2.00 e. The van der Waals surface area contributed by atoms with E-state index in [1.54, 1.807) is 0 Å². The SMILES string of the molecule is [CH2-]c1ccccc1.[CH2-]c1ccccc1.[Ta+2]. The molecule has 1 heteroatoms. The van der Waals surface area contributed by atoms with Crippen LogP contribution in [0.15, 0.2) is 60.7 Å². The molecule has 2 rings (SSSR count). The molecule has 1 radical (unpaired) electrons.